The zero-order valence-electron chi connectivity index (χ0n) is 16.9. The molecule has 0 aliphatic carbocycles. The van der Waals surface area contributed by atoms with Crippen molar-refractivity contribution in [2.24, 2.45) is 0 Å². The Labute approximate surface area is 182 Å². The summed E-state index contributed by atoms with van der Waals surface area (Å²) >= 11 is 6.27. The van der Waals surface area contributed by atoms with Crippen LogP contribution in [0.4, 0.5) is 10.2 Å². The zero-order valence-corrected chi connectivity index (χ0v) is 17.6. The van der Waals surface area contributed by atoms with Gasteiger partial charge in [0.05, 0.1) is 17.9 Å². The summed E-state index contributed by atoms with van der Waals surface area (Å²) in [6, 6.07) is 8.10. The molecular formula is C21H19ClFN7O. The highest BCUT2D eigenvalue weighted by Gasteiger charge is 2.24. The summed E-state index contributed by atoms with van der Waals surface area (Å²) in [4.78, 5) is 4.31. The van der Waals surface area contributed by atoms with Crippen molar-refractivity contribution in [3.8, 4) is 28.3 Å². The molecule has 0 saturated carbocycles. The molecule has 10 heteroatoms. The van der Waals surface area contributed by atoms with Gasteiger partial charge in [-0.15, -0.1) is 5.10 Å². The van der Waals surface area contributed by atoms with Gasteiger partial charge in [0.1, 0.15) is 17.6 Å². The number of aryl methyl sites for hydroxylation is 1. The van der Waals surface area contributed by atoms with Crippen molar-refractivity contribution in [2.45, 2.75) is 33.0 Å². The molecule has 1 aliphatic heterocycles. The van der Waals surface area contributed by atoms with Gasteiger partial charge in [-0.3, -0.25) is 4.68 Å². The minimum atomic E-state index is -0.514. The molecule has 1 aromatic carbocycles. The summed E-state index contributed by atoms with van der Waals surface area (Å²) in [5.74, 6) is 0.282. The topological polar surface area (TPSA) is 96.7 Å². The first-order valence-electron chi connectivity index (χ1n) is 9.82. The Morgan fingerprint density at radius 1 is 1.29 bits per heavy atom. The van der Waals surface area contributed by atoms with E-state index in [0.29, 0.717) is 35.2 Å². The van der Waals surface area contributed by atoms with E-state index in [1.54, 1.807) is 27.7 Å². The van der Waals surface area contributed by atoms with Gasteiger partial charge in [0.15, 0.2) is 16.7 Å². The van der Waals surface area contributed by atoms with Crippen molar-refractivity contribution >= 4 is 17.4 Å². The molecule has 0 radical (unpaired) electrons. The summed E-state index contributed by atoms with van der Waals surface area (Å²) in [5.41, 5.74) is 10.5. The Balaban J connectivity index is 1.81. The molecule has 0 amide bonds. The van der Waals surface area contributed by atoms with Crippen molar-refractivity contribution in [2.75, 3.05) is 5.73 Å². The van der Waals surface area contributed by atoms with Crippen LogP contribution in [0.1, 0.15) is 31.2 Å². The third-order valence-corrected chi connectivity index (χ3v) is 5.53. The maximum atomic E-state index is 14.2. The van der Waals surface area contributed by atoms with Crippen LogP contribution >= 0.6 is 11.6 Å². The number of aromatic nitrogens is 6. The predicted molar refractivity (Wildman–Crippen MR) is 114 cm³/mol. The van der Waals surface area contributed by atoms with Gasteiger partial charge in [0.2, 0.25) is 0 Å². The molecule has 8 nitrogen and oxygen atoms in total. The lowest BCUT2D eigenvalue weighted by atomic mass is 9.99. The van der Waals surface area contributed by atoms with Crippen LogP contribution in [-0.2, 0) is 13.1 Å². The molecule has 158 valence electrons. The summed E-state index contributed by atoms with van der Waals surface area (Å²) in [6.07, 6.45) is 1.15. The van der Waals surface area contributed by atoms with E-state index >= 15 is 0 Å². The van der Waals surface area contributed by atoms with Crippen LogP contribution in [0.5, 0.6) is 5.75 Å². The maximum Gasteiger partial charge on any atom is 0.166 e. The minimum Gasteiger partial charge on any atom is -0.482 e. The molecule has 0 fully saturated rings. The van der Waals surface area contributed by atoms with Crippen LogP contribution in [-0.4, -0.2) is 29.8 Å². The molecule has 4 aromatic rings. The normalized spacial score (nSPS) is 15.2. The number of fused-ring (bicyclic) bond motifs is 7. The van der Waals surface area contributed by atoms with Gasteiger partial charge in [-0.1, -0.05) is 16.8 Å². The highest BCUT2D eigenvalue weighted by Crippen LogP contribution is 2.37. The second-order valence-electron chi connectivity index (χ2n) is 7.31. The van der Waals surface area contributed by atoms with E-state index in [4.69, 9.17) is 22.1 Å². The Hall–Kier alpha value is -3.46. The van der Waals surface area contributed by atoms with Crippen molar-refractivity contribution in [3.63, 3.8) is 0 Å². The van der Waals surface area contributed by atoms with E-state index in [0.717, 1.165) is 22.5 Å². The summed E-state index contributed by atoms with van der Waals surface area (Å²) in [5, 5.41) is 13.4. The number of benzene rings is 1. The number of pyridine rings is 1. The van der Waals surface area contributed by atoms with Crippen LogP contribution in [0.15, 0.2) is 36.5 Å². The van der Waals surface area contributed by atoms with Crippen LogP contribution in [0.2, 0.25) is 5.15 Å². The number of halogens is 2. The quantitative estimate of drug-likeness (QED) is 0.479. The molecule has 5 rings (SSSR count). The van der Waals surface area contributed by atoms with Gasteiger partial charge in [-0.2, -0.15) is 5.10 Å². The number of nitrogens with zero attached hydrogens (tertiary/aromatic N) is 6. The number of ether oxygens (including phenoxy) is 1. The number of anilines is 1. The maximum absolute atomic E-state index is 14.2. The Morgan fingerprint density at radius 3 is 2.94 bits per heavy atom. The van der Waals surface area contributed by atoms with E-state index in [2.05, 4.69) is 20.4 Å². The van der Waals surface area contributed by atoms with Crippen molar-refractivity contribution in [1.82, 2.24) is 29.8 Å². The largest absolute Gasteiger partial charge is 0.482 e. The zero-order chi connectivity index (χ0) is 21.7. The summed E-state index contributed by atoms with van der Waals surface area (Å²) < 4.78 is 23.9. The average molecular weight is 440 g/mol. The smallest absolute Gasteiger partial charge is 0.166 e. The average Bonchev–Trinajstić information content (AvgIpc) is 3.32. The molecule has 2 N–H and O–H groups in total. The number of hydrogen-bond donors (Lipinski definition) is 1. The fourth-order valence-corrected chi connectivity index (χ4v) is 4.09. The molecule has 3 aromatic heterocycles. The van der Waals surface area contributed by atoms with Crippen LogP contribution in [0, 0.1) is 5.82 Å². The van der Waals surface area contributed by atoms with Crippen LogP contribution < -0.4 is 10.5 Å². The molecule has 2 bridgehead atoms. The van der Waals surface area contributed by atoms with Crippen molar-refractivity contribution < 1.29 is 9.13 Å². The molecular weight excluding hydrogens is 421 g/mol. The van der Waals surface area contributed by atoms with Gasteiger partial charge >= 0.3 is 0 Å². The van der Waals surface area contributed by atoms with Gasteiger partial charge in [-0.05, 0) is 38.1 Å². The Bertz CT molecular complexity index is 1300. The highest BCUT2D eigenvalue weighted by molar-refractivity contribution is 6.29. The Kier molecular flexibility index (Phi) is 4.62. The standard InChI is InChI=1S/C21H19ClFN7O/c1-3-29-20-12-6-18(21(24)25-9-12)31-11(2)15-7-13(23)4-5-14(15)17-8-19(22)27-30(17)10-16(20)26-28-29/h4-9,11H,3,10H2,1-2H3,(H2,24,25)/t11-/m1/s1. The third kappa shape index (κ3) is 3.31. The molecule has 1 atom stereocenters. The number of nitrogen functional groups attached to an aromatic ring is 1. The number of nitrogens with two attached hydrogens (primary N) is 1. The number of rotatable bonds is 1. The molecule has 0 saturated heterocycles. The van der Waals surface area contributed by atoms with Crippen molar-refractivity contribution in [1.29, 1.82) is 0 Å². The van der Waals surface area contributed by atoms with E-state index in [9.17, 15) is 4.39 Å². The minimum absolute atomic E-state index is 0.246. The third-order valence-electron chi connectivity index (χ3n) is 5.34. The summed E-state index contributed by atoms with van der Waals surface area (Å²) in [6.45, 7) is 4.76. The van der Waals surface area contributed by atoms with E-state index < -0.39 is 6.10 Å². The second kappa shape index (κ2) is 7.35. The van der Waals surface area contributed by atoms with E-state index in [1.165, 1.54) is 12.1 Å². The van der Waals surface area contributed by atoms with Gasteiger partial charge in [0, 0.05) is 35.5 Å². The van der Waals surface area contributed by atoms with E-state index in [-0.39, 0.29) is 11.6 Å². The fraction of sp³-hybridized carbons (Fsp3) is 0.238. The predicted octanol–water partition coefficient (Wildman–Crippen LogP) is 4.10. The number of hydrogen-bond acceptors (Lipinski definition) is 6. The first kappa shape index (κ1) is 19.5. The lowest BCUT2D eigenvalue weighted by molar-refractivity contribution is 0.227. The van der Waals surface area contributed by atoms with Crippen LogP contribution in [0.25, 0.3) is 22.5 Å². The first-order valence-corrected chi connectivity index (χ1v) is 10.2. The molecule has 1 aliphatic rings. The molecule has 31 heavy (non-hydrogen) atoms. The SMILES string of the molecule is CCn1nnc2c1-c1cnc(N)c(c1)O[C@H](C)c1cc(F)ccc1-c1cc(Cl)nn1C2. The van der Waals surface area contributed by atoms with Gasteiger partial charge in [0.25, 0.3) is 0 Å². The fourth-order valence-electron chi connectivity index (χ4n) is 3.89. The monoisotopic (exact) mass is 439 g/mol. The lowest BCUT2D eigenvalue weighted by Gasteiger charge is -2.21. The highest BCUT2D eigenvalue weighted by atomic mass is 35.5. The van der Waals surface area contributed by atoms with Crippen molar-refractivity contribution in [3.05, 3.63) is 58.8 Å². The Morgan fingerprint density at radius 2 is 2.13 bits per heavy atom. The van der Waals surface area contributed by atoms with Gasteiger partial charge in [-0.25, -0.2) is 14.1 Å². The molecule has 0 spiro atoms. The summed E-state index contributed by atoms with van der Waals surface area (Å²) in [7, 11) is 0. The molecule has 0 unspecified atom stereocenters. The lowest BCUT2D eigenvalue weighted by Crippen LogP contribution is -2.12. The van der Waals surface area contributed by atoms with Gasteiger partial charge < -0.3 is 10.5 Å². The first-order chi connectivity index (χ1) is 14.9. The molecule has 4 heterocycles. The van der Waals surface area contributed by atoms with E-state index in [1.807, 2.05) is 19.9 Å². The second-order valence-corrected chi connectivity index (χ2v) is 7.70. The van der Waals surface area contributed by atoms with Crippen LogP contribution in [0.3, 0.4) is 0 Å².